The smallest absolute Gasteiger partial charge is 0.138 e. The lowest BCUT2D eigenvalue weighted by Crippen LogP contribution is -2.52. The lowest BCUT2D eigenvalue weighted by atomic mass is 9.64. The first-order valence-electron chi connectivity index (χ1n) is 20.7. The Morgan fingerprint density at radius 2 is 1.00 bits per heavy atom. The summed E-state index contributed by atoms with van der Waals surface area (Å²) in [6, 6.07) is 33.1. The maximum atomic E-state index is 10.5. The monoisotopic (exact) mass is 772 g/mol. The molecule has 4 aromatic carbocycles. The van der Waals surface area contributed by atoms with Crippen molar-refractivity contribution in [3.63, 3.8) is 0 Å². The van der Waals surface area contributed by atoms with E-state index in [9.17, 15) is 5.11 Å². The molecular weight excluding hydrogens is 709 g/mol. The second kappa shape index (κ2) is 16.8. The van der Waals surface area contributed by atoms with Gasteiger partial charge >= 0.3 is 0 Å². The van der Waals surface area contributed by atoms with Crippen molar-refractivity contribution in [1.29, 1.82) is 0 Å². The summed E-state index contributed by atoms with van der Waals surface area (Å²) < 4.78 is 33.3. The molecule has 6 aromatic rings. The van der Waals surface area contributed by atoms with Gasteiger partial charge in [0, 0.05) is 34.0 Å². The van der Waals surface area contributed by atoms with Crippen molar-refractivity contribution >= 4 is 21.9 Å². The van der Waals surface area contributed by atoms with E-state index in [4.69, 9.17) is 23.0 Å². The van der Waals surface area contributed by atoms with Crippen LogP contribution in [0, 0.1) is 24.7 Å². The van der Waals surface area contributed by atoms with Gasteiger partial charge in [-0.05, 0) is 108 Å². The Hall–Kier alpha value is -4.52. The van der Waals surface area contributed by atoms with Gasteiger partial charge in [-0.2, -0.15) is 0 Å². The lowest BCUT2D eigenvalue weighted by Gasteiger charge is -2.50. The zero-order valence-electron chi connectivity index (χ0n) is 36.1. The van der Waals surface area contributed by atoms with Crippen LogP contribution in [0.15, 0.2) is 106 Å². The van der Waals surface area contributed by atoms with E-state index in [2.05, 4.69) is 149 Å². The van der Waals surface area contributed by atoms with Crippen molar-refractivity contribution < 1.29 is 28.2 Å². The van der Waals surface area contributed by atoms with Crippen molar-refractivity contribution in [2.24, 2.45) is 10.8 Å². The fourth-order valence-corrected chi connectivity index (χ4v) is 9.21. The molecule has 0 aliphatic carbocycles. The van der Waals surface area contributed by atoms with Crippen molar-refractivity contribution in [1.82, 2.24) is 0 Å². The minimum Gasteiger partial charge on any atom is -0.488 e. The molecule has 57 heavy (non-hydrogen) atoms. The fraction of sp³-hybridized carbons (Fsp3) is 0.451. The SMILES string of the molecule is CCCCC(CO)OC(C(C)(C)CC(C)(C)Oc1ccc2cc(-c3ccc(C)cc3)oc2c1)C(C)(C)CC(C)(C)Oc1ccc2cc(-c3ccc(C)cc3)oc2c1. The number of ether oxygens (including phenoxy) is 3. The Kier molecular flexibility index (Phi) is 12.4. The number of hydrogen-bond donors (Lipinski definition) is 1. The number of fused-ring (bicyclic) bond motifs is 2. The first-order chi connectivity index (χ1) is 26.8. The second-order valence-electron chi connectivity index (χ2n) is 18.9. The Bertz CT molecular complexity index is 2080. The van der Waals surface area contributed by atoms with Crippen molar-refractivity contribution in [3.05, 3.63) is 108 Å². The average Bonchev–Trinajstić information content (AvgIpc) is 3.75. The predicted octanol–water partition coefficient (Wildman–Crippen LogP) is 13.9. The Morgan fingerprint density at radius 3 is 1.39 bits per heavy atom. The number of unbranched alkanes of at least 4 members (excludes halogenated alkanes) is 1. The van der Waals surface area contributed by atoms with Crippen LogP contribution in [0.3, 0.4) is 0 Å². The molecule has 0 saturated heterocycles. The summed E-state index contributed by atoms with van der Waals surface area (Å²) in [4.78, 5) is 0. The van der Waals surface area contributed by atoms with Gasteiger partial charge in [-0.15, -0.1) is 0 Å². The molecule has 6 heteroatoms. The molecule has 0 aliphatic rings. The molecule has 6 nitrogen and oxygen atoms in total. The molecular formula is C51H64O6. The van der Waals surface area contributed by atoms with Gasteiger partial charge in [0.25, 0.3) is 0 Å². The van der Waals surface area contributed by atoms with Crippen LogP contribution >= 0.6 is 0 Å². The van der Waals surface area contributed by atoms with Crippen LogP contribution < -0.4 is 9.47 Å². The highest BCUT2D eigenvalue weighted by atomic mass is 16.5. The zero-order valence-corrected chi connectivity index (χ0v) is 36.1. The van der Waals surface area contributed by atoms with Gasteiger partial charge in [0.05, 0.1) is 18.8 Å². The van der Waals surface area contributed by atoms with Crippen LogP contribution in [0.2, 0.25) is 0 Å². The summed E-state index contributed by atoms with van der Waals surface area (Å²) in [5.74, 6) is 3.20. The normalized spacial score (nSPS) is 13.5. The largest absolute Gasteiger partial charge is 0.488 e. The van der Waals surface area contributed by atoms with Crippen molar-refractivity contribution in [2.45, 2.75) is 132 Å². The Labute approximate surface area is 340 Å². The van der Waals surface area contributed by atoms with Crippen LogP contribution in [0.25, 0.3) is 44.6 Å². The summed E-state index contributed by atoms with van der Waals surface area (Å²) in [6.07, 6.45) is 3.72. The maximum Gasteiger partial charge on any atom is 0.138 e. The molecule has 0 spiro atoms. The standard InChI is InChI=1S/C51H64O6/c1-12-13-14-42(31-52)53-47(48(4,5)32-50(8,9)56-40-25-23-38-27-43(54-45(38)29-40)36-19-15-34(2)16-20-36)49(6,7)33-51(10,11)57-41-26-24-39-28-44(55-46(39)30-41)37-21-17-35(3)18-22-37/h15-30,42,47,52H,12-14,31-33H2,1-11H3. The van der Waals surface area contributed by atoms with E-state index in [0.29, 0.717) is 12.8 Å². The van der Waals surface area contributed by atoms with Crippen LogP contribution in [0.1, 0.15) is 106 Å². The highest BCUT2D eigenvalue weighted by Crippen LogP contribution is 2.48. The maximum absolute atomic E-state index is 10.5. The van der Waals surface area contributed by atoms with E-state index in [0.717, 1.165) is 75.3 Å². The average molecular weight is 773 g/mol. The van der Waals surface area contributed by atoms with Gasteiger partial charge in [0.2, 0.25) is 0 Å². The quantitative estimate of drug-likeness (QED) is 0.0938. The number of rotatable bonds is 18. The molecule has 0 radical (unpaired) electrons. The van der Waals surface area contributed by atoms with Crippen LogP contribution in [0.5, 0.6) is 11.5 Å². The van der Waals surface area contributed by atoms with Crippen molar-refractivity contribution in [3.8, 4) is 34.1 Å². The summed E-state index contributed by atoms with van der Waals surface area (Å²) in [5, 5.41) is 12.6. The number of aliphatic hydroxyl groups is 1. The molecule has 2 heterocycles. The zero-order chi connectivity index (χ0) is 41.2. The van der Waals surface area contributed by atoms with Gasteiger partial charge in [0.15, 0.2) is 0 Å². The van der Waals surface area contributed by atoms with E-state index in [1.165, 1.54) is 11.1 Å². The first-order valence-corrected chi connectivity index (χ1v) is 20.7. The fourth-order valence-electron chi connectivity index (χ4n) is 9.21. The third-order valence-electron chi connectivity index (χ3n) is 11.0. The van der Waals surface area contributed by atoms with Crippen LogP contribution in [-0.4, -0.2) is 35.1 Å². The lowest BCUT2D eigenvalue weighted by molar-refractivity contribution is -0.165. The molecule has 0 amide bonds. The summed E-state index contributed by atoms with van der Waals surface area (Å²) in [5.41, 5.74) is 4.28. The predicted molar refractivity (Wildman–Crippen MR) is 234 cm³/mol. The minimum atomic E-state index is -0.554. The Balaban J connectivity index is 1.20. The van der Waals surface area contributed by atoms with Gasteiger partial charge in [-0.3, -0.25) is 0 Å². The molecule has 0 fully saturated rings. The molecule has 2 aromatic heterocycles. The van der Waals surface area contributed by atoms with E-state index < -0.39 is 11.2 Å². The summed E-state index contributed by atoms with van der Waals surface area (Å²) in [7, 11) is 0. The van der Waals surface area contributed by atoms with Gasteiger partial charge < -0.3 is 28.2 Å². The molecule has 0 saturated carbocycles. The van der Waals surface area contributed by atoms with E-state index in [1.807, 2.05) is 24.3 Å². The number of furan rings is 2. The van der Waals surface area contributed by atoms with E-state index in [1.54, 1.807) is 0 Å². The summed E-state index contributed by atoms with van der Waals surface area (Å²) in [6.45, 7) is 24.0. The molecule has 1 N–H and O–H groups in total. The topological polar surface area (TPSA) is 74.2 Å². The summed E-state index contributed by atoms with van der Waals surface area (Å²) >= 11 is 0. The third kappa shape index (κ3) is 10.5. The number of benzene rings is 4. The minimum absolute atomic E-state index is 0.0239. The molecule has 1 atom stereocenters. The first kappa shape index (κ1) is 42.1. The van der Waals surface area contributed by atoms with E-state index in [-0.39, 0.29) is 29.6 Å². The van der Waals surface area contributed by atoms with Crippen molar-refractivity contribution in [2.75, 3.05) is 6.61 Å². The highest BCUT2D eigenvalue weighted by Gasteiger charge is 2.48. The molecule has 0 aliphatic heterocycles. The molecule has 1 unspecified atom stereocenters. The van der Waals surface area contributed by atoms with Gasteiger partial charge in [-0.1, -0.05) is 107 Å². The number of hydrogen-bond acceptors (Lipinski definition) is 6. The molecule has 304 valence electrons. The third-order valence-corrected chi connectivity index (χ3v) is 11.0. The highest BCUT2D eigenvalue weighted by molar-refractivity contribution is 5.85. The Morgan fingerprint density at radius 1 is 0.579 bits per heavy atom. The van der Waals surface area contributed by atoms with Gasteiger partial charge in [-0.25, -0.2) is 0 Å². The number of aliphatic hydroxyl groups excluding tert-OH is 1. The van der Waals surface area contributed by atoms with Crippen LogP contribution in [0.4, 0.5) is 0 Å². The van der Waals surface area contributed by atoms with Crippen LogP contribution in [-0.2, 0) is 4.74 Å². The molecule has 6 rings (SSSR count). The van der Waals surface area contributed by atoms with E-state index >= 15 is 0 Å². The van der Waals surface area contributed by atoms with Gasteiger partial charge in [0.1, 0.15) is 45.4 Å². The number of aryl methyl sites for hydroxylation is 2. The molecule has 0 bridgehead atoms. The second-order valence-corrected chi connectivity index (χ2v) is 18.9.